The molecule has 0 saturated carbocycles. The highest BCUT2D eigenvalue weighted by Crippen LogP contribution is 2.31. The summed E-state index contributed by atoms with van der Waals surface area (Å²) >= 11 is 0. The van der Waals surface area contributed by atoms with Gasteiger partial charge in [0, 0.05) is 23.4 Å². The normalized spacial score (nSPS) is 11.9. The van der Waals surface area contributed by atoms with E-state index in [-0.39, 0.29) is 0 Å². The molecule has 0 atom stereocenters. The molecule has 0 fully saturated rings. The maximum Gasteiger partial charge on any atom is 0.152 e. The first kappa shape index (κ1) is 87.4. The summed E-state index contributed by atoms with van der Waals surface area (Å²) in [7, 11) is 0. The van der Waals surface area contributed by atoms with Crippen molar-refractivity contribution in [3.63, 3.8) is 0 Å². The van der Waals surface area contributed by atoms with Crippen LogP contribution in [0.3, 0.4) is 0 Å². The number of rotatable bonds is 78. The van der Waals surface area contributed by atoms with Crippen LogP contribution in [0.1, 0.15) is 26.6 Å². The molecule has 0 saturated heterocycles. The molecule has 1 aromatic carbocycles. The highest BCUT2D eigenvalue weighted by Gasteiger charge is 2.25. The molecule has 0 amide bonds. The quantitative estimate of drug-likeness (QED) is 0.0358. The summed E-state index contributed by atoms with van der Waals surface area (Å²) in [5.41, 5.74) is 16.4. The van der Waals surface area contributed by atoms with Gasteiger partial charge in [-0.15, -0.1) is 0 Å². The highest BCUT2D eigenvalue weighted by molar-refractivity contribution is 6.06. The van der Waals surface area contributed by atoms with Crippen LogP contribution < -0.4 is 5.73 Å². The number of para-hydroxylation sites is 1. The van der Waals surface area contributed by atoms with Crippen molar-refractivity contribution < 1.29 is 118 Å². The van der Waals surface area contributed by atoms with E-state index >= 15 is 0 Å². The fourth-order valence-corrected chi connectivity index (χ4v) is 8.27. The van der Waals surface area contributed by atoms with Crippen LogP contribution in [0.2, 0.25) is 0 Å². The maximum atomic E-state index is 8.18. The van der Waals surface area contributed by atoms with Crippen LogP contribution in [-0.4, -0.2) is 344 Å². The lowest BCUT2D eigenvalue weighted by molar-refractivity contribution is -0.0621. The van der Waals surface area contributed by atoms with Crippen molar-refractivity contribution in [2.45, 2.75) is 39.5 Å². The molecular formula is C65H117N7O25. The smallest absolute Gasteiger partial charge is 0.152 e. The molecule has 0 spiro atoms. The van der Waals surface area contributed by atoms with Crippen molar-refractivity contribution in [2.24, 2.45) is 5.11 Å². The summed E-state index contributed by atoms with van der Waals surface area (Å²) in [6.07, 6.45) is 0. The Balaban J connectivity index is 0.885. The van der Waals surface area contributed by atoms with Crippen molar-refractivity contribution in [1.29, 1.82) is 0 Å². The monoisotopic (exact) mass is 1400 g/mol. The number of pyridine rings is 1. The Labute approximate surface area is 573 Å². The Bertz CT molecular complexity index is 2250. The standard InChI is InChI=1S/C65H117N7O25/c1-4-73-57-61-70-62-63(59-7-5-6-8-60(59)69-64(62)66)72(61)58-65(2,3)97-56-55-96-54-53-95-52-51-94-50-49-93-48-47-92-46-45-91-44-43-90-42-41-89-40-39-88-38-37-87-36-35-86-34-33-85-32-31-84-30-29-83-28-27-82-26-25-81-24-23-80-22-21-79-20-19-78-18-17-77-16-15-76-14-13-75-12-11-74-10-9-68-71-67/h5-8H,4,9-58H2,1-3H3,(H2,66,69). The third-order valence-electron chi connectivity index (χ3n) is 13.0. The zero-order chi connectivity index (χ0) is 68.9. The van der Waals surface area contributed by atoms with Gasteiger partial charge in [0.05, 0.1) is 334 Å². The van der Waals surface area contributed by atoms with Crippen LogP contribution in [0.15, 0.2) is 29.4 Å². The Morgan fingerprint density at radius 1 is 0.371 bits per heavy atom. The van der Waals surface area contributed by atoms with E-state index in [4.69, 9.17) is 135 Å². The Morgan fingerprint density at radius 2 is 0.629 bits per heavy atom. The number of aromatic nitrogens is 3. The maximum absolute atomic E-state index is 8.18. The first-order valence-electron chi connectivity index (χ1n) is 34.0. The lowest BCUT2D eigenvalue weighted by Gasteiger charge is -2.27. The number of azide groups is 1. The van der Waals surface area contributed by atoms with Crippen molar-refractivity contribution in [2.75, 3.05) is 329 Å². The SMILES string of the molecule is CCOCc1nc2c(N)nc3ccccc3c2n1CC(C)(C)OCCOCCOCCOCCOCCOCCOCCOCCOCCOCCOCCOCCOCCOCCOCCOCCOCCOCCOCCOCCOCCOCCOCCOCCN=[N+]=[N-]. The molecule has 0 bridgehead atoms. The summed E-state index contributed by atoms with van der Waals surface area (Å²) in [6, 6.07) is 7.94. The number of nitrogen functional groups attached to an aromatic ring is 1. The minimum Gasteiger partial charge on any atom is -0.382 e. The minimum absolute atomic E-state index is 0.319. The van der Waals surface area contributed by atoms with Crippen molar-refractivity contribution in [1.82, 2.24) is 14.5 Å². The molecule has 0 unspecified atom stereocenters. The van der Waals surface area contributed by atoms with Crippen LogP contribution >= 0.6 is 0 Å². The molecule has 32 heteroatoms. The van der Waals surface area contributed by atoms with E-state index in [1.165, 1.54) is 0 Å². The van der Waals surface area contributed by atoms with E-state index in [1.807, 2.05) is 31.2 Å². The molecule has 0 aliphatic heterocycles. The fourth-order valence-electron chi connectivity index (χ4n) is 8.27. The van der Waals surface area contributed by atoms with Crippen LogP contribution in [0.25, 0.3) is 32.4 Å². The lowest BCUT2D eigenvalue weighted by Crippen LogP contribution is -2.32. The summed E-state index contributed by atoms with van der Waals surface area (Å²) in [5.74, 6) is 1.17. The van der Waals surface area contributed by atoms with Crippen molar-refractivity contribution >= 4 is 27.8 Å². The predicted octanol–water partition coefficient (Wildman–Crippen LogP) is 4.19. The number of hydrogen-bond donors (Lipinski definition) is 1. The molecule has 2 N–H and O–H groups in total. The zero-order valence-corrected chi connectivity index (χ0v) is 58.3. The largest absolute Gasteiger partial charge is 0.382 e. The van der Waals surface area contributed by atoms with E-state index < -0.39 is 5.60 Å². The Kier molecular flexibility index (Phi) is 60.2. The van der Waals surface area contributed by atoms with Crippen molar-refractivity contribution in [3.8, 4) is 0 Å². The summed E-state index contributed by atoms with van der Waals surface area (Å²) in [4.78, 5) is 12.0. The molecule has 0 aliphatic carbocycles. The number of anilines is 1. The Hall–Kier alpha value is -3.79. The topological polar surface area (TPSA) is 336 Å². The average Bonchev–Trinajstić information content (AvgIpc) is 1.62. The summed E-state index contributed by atoms with van der Waals surface area (Å²) in [5, 5.41) is 4.36. The van der Waals surface area contributed by atoms with Gasteiger partial charge in [-0.2, -0.15) is 0 Å². The van der Waals surface area contributed by atoms with Gasteiger partial charge in [-0.25, -0.2) is 9.97 Å². The second-order valence-corrected chi connectivity index (χ2v) is 21.1. The third-order valence-corrected chi connectivity index (χ3v) is 13.0. The second kappa shape index (κ2) is 66.7. The van der Waals surface area contributed by atoms with E-state index in [9.17, 15) is 0 Å². The van der Waals surface area contributed by atoms with Gasteiger partial charge in [-0.3, -0.25) is 0 Å². The van der Waals surface area contributed by atoms with Crippen LogP contribution in [-0.2, 0) is 132 Å². The molecule has 2 aromatic heterocycles. The summed E-state index contributed by atoms with van der Waals surface area (Å²) < 4.78 is 141. The highest BCUT2D eigenvalue weighted by atomic mass is 16.6. The van der Waals surface area contributed by atoms with Gasteiger partial charge < -0.3 is 129 Å². The van der Waals surface area contributed by atoms with E-state index in [1.54, 1.807) is 0 Å². The van der Waals surface area contributed by atoms with E-state index in [0.29, 0.717) is 348 Å². The van der Waals surface area contributed by atoms with Gasteiger partial charge in [0.15, 0.2) is 5.82 Å². The number of fused-ring (bicyclic) bond motifs is 3. The minimum atomic E-state index is -0.525. The zero-order valence-electron chi connectivity index (χ0n) is 58.3. The number of hydrogen-bond acceptors (Lipinski definition) is 29. The molecule has 32 nitrogen and oxygen atoms in total. The first-order valence-corrected chi connectivity index (χ1v) is 34.0. The molecular weight excluding hydrogens is 1280 g/mol. The third kappa shape index (κ3) is 51.9. The Morgan fingerprint density at radius 3 is 0.897 bits per heavy atom. The molecule has 562 valence electrons. The van der Waals surface area contributed by atoms with Gasteiger partial charge in [0.25, 0.3) is 0 Å². The molecule has 97 heavy (non-hydrogen) atoms. The van der Waals surface area contributed by atoms with Crippen LogP contribution in [0.4, 0.5) is 5.82 Å². The number of ether oxygens (including phenoxy) is 25. The fraction of sp³-hybridized carbons (Fsp3) is 0.846. The first-order chi connectivity index (χ1) is 48.0. The number of nitrogens with two attached hydrogens (primary N) is 1. The molecule has 0 radical (unpaired) electrons. The van der Waals surface area contributed by atoms with Gasteiger partial charge in [-0.05, 0) is 32.4 Å². The van der Waals surface area contributed by atoms with Crippen LogP contribution in [0.5, 0.6) is 0 Å². The molecule has 3 aromatic rings. The molecule has 2 heterocycles. The molecule has 3 rings (SSSR count). The summed E-state index contributed by atoms with van der Waals surface area (Å²) in [6.45, 7) is 30.0. The van der Waals surface area contributed by atoms with E-state index in [2.05, 4.69) is 33.4 Å². The number of imidazole rings is 1. The van der Waals surface area contributed by atoms with Gasteiger partial charge in [-0.1, -0.05) is 23.3 Å². The van der Waals surface area contributed by atoms with Gasteiger partial charge in [0.2, 0.25) is 0 Å². The number of nitrogens with zero attached hydrogens (tertiary/aromatic N) is 6. The van der Waals surface area contributed by atoms with E-state index in [0.717, 1.165) is 22.2 Å². The average molecular weight is 1400 g/mol. The van der Waals surface area contributed by atoms with Gasteiger partial charge >= 0.3 is 0 Å². The van der Waals surface area contributed by atoms with Crippen molar-refractivity contribution in [3.05, 3.63) is 40.5 Å². The number of benzene rings is 1. The predicted molar refractivity (Wildman–Crippen MR) is 358 cm³/mol. The molecule has 0 aliphatic rings. The lowest BCUT2D eigenvalue weighted by atomic mass is 10.1. The van der Waals surface area contributed by atoms with Crippen LogP contribution in [0, 0.1) is 0 Å². The second-order valence-electron chi connectivity index (χ2n) is 21.1. The van der Waals surface area contributed by atoms with Gasteiger partial charge in [0.1, 0.15) is 17.9 Å².